The predicted molar refractivity (Wildman–Crippen MR) is 63.8 cm³/mol. The number of nitrogens with two attached hydrogens (primary N) is 1. The monoisotopic (exact) mass is 256 g/mol. The highest BCUT2D eigenvalue weighted by Gasteiger charge is 2.11. The van der Waals surface area contributed by atoms with E-state index in [-0.39, 0.29) is 0 Å². The molecule has 0 aliphatic rings. The highest BCUT2D eigenvalue weighted by molar-refractivity contribution is 9.10. The van der Waals surface area contributed by atoms with Gasteiger partial charge in [-0.25, -0.2) is 0 Å². The van der Waals surface area contributed by atoms with Crippen LogP contribution in [0.4, 0.5) is 0 Å². The first-order valence-electron chi connectivity index (χ1n) is 4.84. The Balaban J connectivity index is 2.67. The lowest BCUT2D eigenvalue weighted by Crippen LogP contribution is -2.40. The minimum Gasteiger partial charge on any atom is -0.271 e. The molecule has 0 spiro atoms. The first-order valence-corrected chi connectivity index (χ1v) is 5.63. The zero-order valence-corrected chi connectivity index (χ0v) is 10.2. The Morgan fingerprint density at radius 2 is 2.14 bits per heavy atom. The molecule has 0 fully saturated rings. The lowest BCUT2D eigenvalue weighted by atomic mass is 9.97. The Hall–Kier alpha value is -0.380. The van der Waals surface area contributed by atoms with Crippen LogP contribution < -0.4 is 11.3 Å². The zero-order chi connectivity index (χ0) is 10.6. The van der Waals surface area contributed by atoms with E-state index < -0.39 is 0 Å². The molecule has 14 heavy (non-hydrogen) atoms. The lowest BCUT2D eigenvalue weighted by molar-refractivity contribution is 0.404. The Labute approximate surface area is 94.0 Å². The van der Waals surface area contributed by atoms with Crippen molar-refractivity contribution >= 4 is 15.9 Å². The molecule has 0 radical (unpaired) electrons. The Kier molecular flexibility index (Phi) is 4.58. The first kappa shape index (κ1) is 11.7. The van der Waals surface area contributed by atoms with Crippen molar-refractivity contribution in [2.24, 2.45) is 11.8 Å². The summed E-state index contributed by atoms with van der Waals surface area (Å²) in [6.07, 6.45) is 0.966. The summed E-state index contributed by atoms with van der Waals surface area (Å²) in [5.74, 6) is 6.04. The lowest BCUT2D eigenvalue weighted by Gasteiger charge is -2.19. The van der Waals surface area contributed by atoms with E-state index in [1.807, 2.05) is 12.1 Å². The van der Waals surface area contributed by atoms with Crippen LogP contribution in [0.15, 0.2) is 28.7 Å². The van der Waals surface area contributed by atoms with Gasteiger partial charge in [0.05, 0.1) is 0 Å². The molecule has 0 heterocycles. The van der Waals surface area contributed by atoms with Gasteiger partial charge in [-0.1, -0.05) is 41.9 Å². The maximum absolute atomic E-state index is 5.50. The number of hydrogen-bond donors (Lipinski definition) is 2. The first-order chi connectivity index (χ1) is 6.63. The van der Waals surface area contributed by atoms with Crippen molar-refractivity contribution in [3.63, 3.8) is 0 Å². The van der Waals surface area contributed by atoms with Crippen LogP contribution in [0.25, 0.3) is 0 Å². The number of benzene rings is 1. The fourth-order valence-corrected chi connectivity index (χ4v) is 1.85. The van der Waals surface area contributed by atoms with Gasteiger partial charge in [0.1, 0.15) is 0 Å². The quantitative estimate of drug-likeness (QED) is 0.642. The molecule has 1 aromatic carbocycles. The Morgan fingerprint density at radius 3 is 2.64 bits per heavy atom. The van der Waals surface area contributed by atoms with E-state index in [4.69, 9.17) is 5.84 Å². The molecule has 0 aromatic heterocycles. The van der Waals surface area contributed by atoms with E-state index in [0.29, 0.717) is 12.0 Å². The molecule has 0 aliphatic heterocycles. The van der Waals surface area contributed by atoms with Crippen molar-refractivity contribution in [3.05, 3.63) is 34.3 Å². The zero-order valence-electron chi connectivity index (χ0n) is 8.63. The molecular weight excluding hydrogens is 240 g/mol. The van der Waals surface area contributed by atoms with E-state index in [2.05, 4.69) is 47.3 Å². The standard InChI is InChI=1S/C11H17BrN2/c1-8(2)11(14-13)7-9-4-3-5-10(12)6-9/h3-6,8,11,14H,7,13H2,1-2H3. The maximum Gasteiger partial charge on any atom is 0.0273 e. The third-order valence-electron chi connectivity index (χ3n) is 2.36. The average Bonchev–Trinajstić information content (AvgIpc) is 2.14. The van der Waals surface area contributed by atoms with Gasteiger partial charge < -0.3 is 0 Å². The molecule has 0 bridgehead atoms. The van der Waals surface area contributed by atoms with E-state index in [1.54, 1.807) is 0 Å². The van der Waals surface area contributed by atoms with Gasteiger partial charge in [-0.3, -0.25) is 11.3 Å². The van der Waals surface area contributed by atoms with Crippen molar-refractivity contribution in [3.8, 4) is 0 Å². The summed E-state index contributed by atoms with van der Waals surface area (Å²) in [6.45, 7) is 4.34. The summed E-state index contributed by atoms with van der Waals surface area (Å²) in [6, 6.07) is 8.67. The number of halogens is 1. The minimum atomic E-state index is 0.337. The summed E-state index contributed by atoms with van der Waals surface area (Å²) in [7, 11) is 0. The molecule has 0 amide bonds. The van der Waals surface area contributed by atoms with E-state index in [1.165, 1.54) is 5.56 Å². The van der Waals surface area contributed by atoms with E-state index in [9.17, 15) is 0 Å². The topological polar surface area (TPSA) is 38.0 Å². The SMILES string of the molecule is CC(C)C(Cc1cccc(Br)c1)NN. The molecule has 3 N–H and O–H groups in total. The molecular formula is C11H17BrN2. The summed E-state index contributed by atoms with van der Waals surface area (Å²) in [4.78, 5) is 0. The molecule has 1 aromatic rings. The molecule has 0 saturated carbocycles. The van der Waals surface area contributed by atoms with Gasteiger partial charge in [0.15, 0.2) is 0 Å². The minimum absolute atomic E-state index is 0.337. The Morgan fingerprint density at radius 1 is 1.43 bits per heavy atom. The number of hydrazine groups is 1. The van der Waals surface area contributed by atoms with Gasteiger partial charge in [-0.15, -0.1) is 0 Å². The van der Waals surface area contributed by atoms with Gasteiger partial charge in [0, 0.05) is 10.5 Å². The van der Waals surface area contributed by atoms with Gasteiger partial charge in [-0.2, -0.15) is 0 Å². The molecule has 1 unspecified atom stereocenters. The smallest absolute Gasteiger partial charge is 0.0273 e. The van der Waals surface area contributed by atoms with Crippen LogP contribution in [0.2, 0.25) is 0 Å². The highest BCUT2D eigenvalue weighted by atomic mass is 79.9. The fraction of sp³-hybridized carbons (Fsp3) is 0.455. The summed E-state index contributed by atoms with van der Waals surface area (Å²) >= 11 is 3.46. The van der Waals surface area contributed by atoms with Crippen LogP contribution in [0.3, 0.4) is 0 Å². The van der Waals surface area contributed by atoms with Crippen molar-refractivity contribution in [2.45, 2.75) is 26.3 Å². The van der Waals surface area contributed by atoms with Crippen molar-refractivity contribution in [1.29, 1.82) is 0 Å². The van der Waals surface area contributed by atoms with Crippen LogP contribution in [0, 0.1) is 5.92 Å². The highest BCUT2D eigenvalue weighted by Crippen LogP contribution is 2.15. The van der Waals surface area contributed by atoms with Crippen LogP contribution in [0.5, 0.6) is 0 Å². The molecule has 2 nitrogen and oxygen atoms in total. The van der Waals surface area contributed by atoms with Gasteiger partial charge >= 0.3 is 0 Å². The molecule has 1 atom stereocenters. The number of hydrogen-bond acceptors (Lipinski definition) is 2. The van der Waals surface area contributed by atoms with Gasteiger partial charge in [0.25, 0.3) is 0 Å². The maximum atomic E-state index is 5.50. The van der Waals surface area contributed by atoms with Crippen LogP contribution in [-0.4, -0.2) is 6.04 Å². The summed E-state index contributed by atoms with van der Waals surface area (Å²) in [5, 5.41) is 0. The normalized spacial score (nSPS) is 13.2. The second-order valence-corrected chi connectivity index (χ2v) is 4.77. The number of rotatable bonds is 4. The van der Waals surface area contributed by atoms with Crippen molar-refractivity contribution in [2.75, 3.05) is 0 Å². The second kappa shape index (κ2) is 5.49. The number of nitrogens with one attached hydrogen (secondary N) is 1. The third-order valence-corrected chi connectivity index (χ3v) is 2.86. The molecule has 3 heteroatoms. The van der Waals surface area contributed by atoms with Crippen LogP contribution in [-0.2, 0) is 6.42 Å². The predicted octanol–water partition coefficient (Wildman–Crippen LogP) is 2.48. The summed E-state index contributed by atoms with van der Waals surface area (Å²) < 4.78 is 1.12. The van der Waals surface area contributed by atoms with Gasteiger partial charge in [0.2, 0.25) is 0 Å². The third kappa shape index (κ3) is 3.40. The molecule has 0 aliphatic carbocycles. The van der Waals surface area contributed by atoms with Crippen molar-refractivity contribution < 1.29 is 0 Å². The van der Waals surface area contributed by atoms with E-state index >= 15 is 0 Å². The Bertz CT molecular complexity index is 286. The molecule has 78 valence electrons. The van der Waals surface area contributed by atoms with E-state index in [0.717, 1.165) is 10.9 Å². The summed E-state index contributed by atoms with van der Waals surface area (Å²) in [5.41, 5.74) is 4.16. The molecule has 0 saturated heterocycles. The second-order valence-electron chi connectivity index (χ2n) is 3.85. The average molecular weight is 257 g/mol. The molecule has 1 rings (SSSR count). The fourth-order valence-electron chi connectivity index (χ4n) is 1.40. The van der Waals surface area contributed by atoms with Crippen LogP contribution >= 0.6 is 15.9 Å². The largest absolute Gasteiger partial charge is 0.271 e. The van der Waals surface area contributed by atoms with Crippen LogP contribution in [0.1, 0.15) is 19.4 Å². The van der Waals surface area contributed by atoms with Gasteiger partial charge in [-0.05, 0) is 30.0 Å². The van der Waals surface area contributed by atoms with Crippen molar-refractivity contribution in [1.82, 2.24) is 5.43 Å².